The lowest BCUT2D eigenvalue weighted by Crippen LogP contribution is -2.29. The Labute approximate surface area is 97.6 Å². The fourth-order valence-electron chi connectivity index (χ4n) is 2.80. The predicted molar refractivity (Wildman–Crippen MR) is 69.3 cm³/mol. The van der Waals surface area contributed by atoms with Crippen LogP contribution in [0.15, 0.2) is 18.2 Å². The van der Waals surface area contributed by atoms with Crippen molar-refractivity contribution in [3.05, 3.63) is 23.8 Å². The van der Waals surface area contributed by atoms with Crippen LogP contribution in [0.4, 0.5) is 11.4 Å². The summed E-state index contributed by atoms with van der Waals surface area (Å²) in [6.45, 7) is 3.61. The highest BCUT2D eigenvalue weighted by Gasteiger charge is 2.14. The minimum Gasteiger partial charge on any atom is -0.385 e. The van der Waals surface area contributed by atoms with Crippen molar-refractivity contribution >= 4 is 11.4 Å². The summed E-state index contributed by atoms with van der Waals surface area (Å²) in [5.41, 5.74) is 4.27. The van der Waals surface area contributed by atoms with Crippen LogP contribution < -0.4 is 10.2 Å². The largest absolute Gasteiger partial charge is 0.385 e. The van der Waals surface area contributed by atoms with E-state index in [0.717, 1.165) is 6.54 Å². The van der Waals surface area contributed by atoms with Gasteiger partial charge in [0, 0.05) is 31.0 Å². The van der Waals surface area contributed by atoms with Crippen LogP contribution in [0.3, 0.4) is 0 Å². The fraction of sp³-hybridized carbons (Fsp3) is 0.571. The van der Waals surface area contributed by atoms with Crippen LogP contribution in [0.25, 0.3) is 0 Å². The smallest absolute Gasteiger partial charge is 0.0393 e. The third kappa shape index (κ3) is 1.89. The highest BCUT2D eigenvalue weighted by atomic mass is 15.1. The number of fused-ring (bicyclic) bond motifs is 1. The first kappa shape index (κ1) is 10.0. The van der Waals surface area contributed by atoms with E-state index in [-0.39, 0.29) is 0 Å². The van der Waals surface area contributed by atoms with Crippen molar-refractivity contribution in [2.75, 3.05) is 29.9 Å². The molecule has 1 N–H and O–H groups in total. The van der Waals surface area contributed by atoms with Crippen LogP contribution in [0.5, 0.6) is 0 Å². The molecule has 2 nitrogen and oxygen atoms in total. The molecule has 1 fully saturated rings. The molecule has 0 saturated carbocycles. The molecule has 2 heteroatoms. The summed E-state index contributed by atoms with van der Waals surface area (Å²) in [6, 6.07) is 6.96. The van der Waals surface area contributed by atoms with E-state index in [1.165, 1.54) is 62.1 Å². The van der Waals surface area contributed by atoms with Crippen LogP contribution in [0.2, 0.25) is 0 Å². The second-order valence-corrected chi connectivity index (χ2v) is 4.92. The number of aryl methyl sites for hydroxylation is 1. The Kier molecular flexibility index (Phi) is 2.73. The molecule has 2 aliphatic heterocycles. The van der Waals surface area contributed by atoms with Crippen LogP contribution in [0.1, 0.15) is 31.2 Å². The molecule has 0 unspecified atom stereocenters. The molecule has 3 rings (SSSR count). The summed E-state index contributed by atoms with van der Waals surface area (Å²) in [4.78, 5) is 2.53. The van der Waals surface area contributed by atoms with Gasteiger partial charge in [0.2, 0.25) is 0 Å². The maximum Gasteiger partial charge on any atom is 0.0393 e. The Morgan fingerprint density at radius 1 is 1.00 bits per heavy atom. The Hall–Kier alpha value is -1.18. The summed E-state index contributed by atoms with van der Waals surface area (Å²) in [6.07, 6.45) is 6.62. The first-order chi connectivity index (χ1) is 7.93. The van der Waals surface area contributed by atoms with E-state index in [2.05, 4.69) is 28.4 Å². The second kappa shape index (κ2) is 4.36. The number of nitrogens with zero attached hydrogens (tertiary/aromatic N) is 1. The number of rotatable bonds is 1. The van der Waals surface area contributed by atoms with Gasteiger partial charge in [-0.25, -0.2) is 0 Å². The molecular weight excluding hydrogens is 196 g/mol. The van der Waals surface area contributed by atoms with Crippen molar-refractivity contribution in [3.8, 4) is 0 Å². The molecule has 86 valence electrons. The molecule has 1 aromatic rings. The molecule has 16 heavy (non-hydrogen) atoms. The van der Waals surface area contributed by atoms with Gasteiger partial charge in [0.1, 0.15) is 0 Å². The van der Waals surface area contributed by atoms with Crippen LogP contribution in [0, 0.1) is 0 Å². The Balaban J connectivity index is 1.84. The zero-order chi connectivity index (χ0) is 10.8. The van der Waals surface area contributed by atoms with Crippen LogP contribution in [-0.2, 0) is 6.42 Å². The van der Waals surface area contributed by atoms with E-state index in [4.69, 9.17) is 0 Å². The number of piperidine rings is 1. The van der Waals surface area contributed by atoms with E-state index in [9.17, 15) is 0 Å². The SMILES string of the molecule is c1cc2c(cc1N1CCCCC1)NCCC2. The van der Waals surface area contributed by atoms with E-state index >= 15 is 0 Å². The molecule has 0 atom stereocenters. The minimum absolute atomic E-state index is 1.14. The van der Waals surface area contributed by atoms with Gasteiger partial charge in [-0.05, 0) is 49.8 Å². The first-order valence-electron chi connectivity index (χ1n) is 6.55. The highest BCUT2D eigenvalue weighted by molar-refractivity contribution is 5.63. The number of benzene rings is 1. The Morgan fingerprint density at radius 3 is 2.75 bits per heavy atom. The lowest BCUT2D eigenvalue weighted by Gasteiger charge is -2.30. The Bertz CT molecular complexity index is 367. The molecule has 1 saturated heterocycles. The summed E-state index contributed by atoms with van der Waals surface area (Å²) in [5.74, 6) is 0. The Morgan fingerprint density at radius 2 is 1.88 bits per heavy atom. The fourth-order valence-corrected chi connectivity index (χ4v) is 2.80. The van der Waals surface area contributed by atoms with Gasteiger partial charge in [-0.15, -0.1) is 0 Å². The van der Waals surface area contributed by atoms with Gasteiger partial charge < -0.3 is 10.2 Å². The van der Waals surface area contributed by atoms with Crippen LogP contribution >= 0.6 is 0 Å². The molecule has 2 heterocycles. The summed E-state index contributed by atoms with van der Waals surface area (Å²) in [5, 5.41) is 3.52. The van der Waals surface area contributed by atoms with E-state index in [1.807, 2.05) is 0 Å². The monoisotopic (exact) mass is 216 g/mol. The molecule has 0 amide bonds. The van der Waals surface area contributed by atoms with E-state index < -0.39 is 0 Å². The van der Waals surface area contributed by atoms with Crippen molar-refractivity contribution in [2.24, 2.45) is 0 Å². The molecule has 0 bridgehead atoms. The molecular formula is C14H20N2. The maximum atomic E-state index is 3.52. The van der Waals surface area contributed by atoms with Gasteiger partial charge >= 0.3 is 0 Å². The topological polar surface area (TPSA) is 15.3 Å². The number of hydrogen-bond acceptors (Lipinski definition) is 2. The van der Waals surface area contributed by atoms with Gasteiger partial charge in [0.25, 0.3) is 0 Å². The molecule has 1 aromatic carbocycles. The van der Waals surface area contributed by atoms with Gasteiger partial charge in [-0.2, -0.15) is 0 Å². The lowest BCUT2D eigenvalue weighted by molar-refractivity contribution is 0.578. The van der Waals surface area contributed by atoms with Crippen LogP contribution in [-0.4, -0.2) is 19.6 Å². The molecule has 0 aromatic heterocycles. The zero-order valence-electron chi connectivity index (χ0n) is 9.84. The van der Waals surface area contributed by atoms with E-state index in [1.54, 1.807) is 0 Å². The summed E-state index contributed by atoms with van der Waals surface area (Å²) >= 11 is 0. The highest BCUT2D eigenvalue weighted by Crippen LogP contribution is 2.28. The molecule has 2 aliphatic rings. The average molecular weight is 216 g/mol. The van der Waals surface area contributed by atoms with Gasteiger partial charge in [-0.3, -0.25) is 0 Å². The van der Waals surface area contributed by atoms with Crippen molar-refractivity contribution in [1.82, 2.24) is 0 Å². The third-order valence-electron chi connectivity index (χ3n) is 3.75. The maximum absolute atomic E-state index is 3.52. The lowest BCUT2D eigenvalue weighted by atomic mass is 10.0. The van der Waals surface area contributed by atoms with Crippen molar-refractivity contribution in [3.63, 3.8) is 0 Å². The van der Waals surface area contributed by atoms with Crippen molar-refractivity contribution < 1.29 is 0 Å². The van der Waals surface area contributed by atoms with Gasteiger partial charge in [-0.1, -0.05) is 6.07 Å². The number of hydrogen-bond donors (Lipinski definition) is 1. The predicted octanol–water partition coefficient (Wildman–Crippen LogP) is 3.04. The molecule has 0 spiro atoms. The van der Waals surface area contributed by atoms with Crippen molar-refractivity contribution in [2.45, 2.75) is 32.1 Å². The standard InChI is InChI=1S/C14H20N2/c1-2-9-16(10-3-1)13-7-6-12-5-4-8-15-14(12)11-13/h6-7,11,15H,1-5,8-10H2. The normalized spacial score (nSPS) is 20.1. The summed E-state index contributed by atoms with van der Waals surface area (Å²) in [7, 11) is 0. The molecule has 0 radical (unpaired) electrons. The van der Waals surface area contributed by atoms with Crippen molar-refractivity contribution in [1.29, 1.82) is 0 Å². The van der Waals surface area contributed by atoms with E-state index in [0.29, 0.717) is 0 Å². The summed E-state index contributed by atoms with van der Waals surface area (Å²) < 4.78 is 0. The average Bonchev–Trinajstić information content (AvgIpc) is 2.39. The van der Waals surface area contributed by atoms with Gasteiger partial charge in [0.15, 0.2) is 0 Å². The third-order valence-corrected chi connectivity index (χ3v) is 3.75. The second-order valence-electron chi connectivity index (χ2n) is 4.92. The molecule has 0 aliphatic carbocycles. The first-order valence-corrected chi connectivity index (χ1v) is 6.55. The number of anilines is 2. The quantitative estimate of drug-likeness (QED) is 0.776. The van der Waals surface area contributed by atoms with Gasteiger partial charge in [0.05, 0.1) is 0 Å². The zero-order valence-corrected chi connectivity index (χ0v) is 9.84. The minimum atomic E-state index is 1.14. The number of nitrogens with one attached hydrogen (secondary N) is 1.